The highest BCUT2D eigenvalue weighted by Gasteiger charge is 2.19. The van der Waals surface area contributed by atoms with Crippen LogP contribution in [0.15, 0.2) is 42.0 Å². The molecule has 1 saturated heterocycles. The van der Waals surface area contributed by atoms with E-state index in [1.807, 2.05) is 18.5 Å². The Bertz CT molecular complexity index is 1210. The quantitative estimate of drug-likeness (QED) is 0.420. The number of phenols is 1. The zero-order valence-corrected chi connectivity index (χ0v) is 18.4. The van der Waals surface area contributed by atoms with Crippen molar-refractivity contribution in [1.29, 1.82) is 0 Å². The number of hydrogen-bond donors (Lipinski definition) is 3. The monoisotopic (exact) mass is 435 g/mol. The minimum absolute atomic E-state index is 0.206. The van der Waals surface area contributed by atoms with Gasteiger partial charge in [-0.3, -0.25) is 4.68 Å². The van der Waals surface area contributed by atoms with Gasteiger partial charge in [0.05, 0.1) is 23.3 Å². The van der Waals surface area contributed by atoms with Gasteiger partial charge in [0.25, 0.3) is 0 Å². The third-order valence-electron chi connectivity index (χ3n) is 5.65. The van der Waals surface area contributed by atoms with E-state index in [2.05, 4.69) is 44.7 Å². The Morgan fingerprint density at radius 1 is 1.13 bits per heavy atom. The molecule has 0 unspecified atom stereocenters. The lowest BCUT2D eigenvalue weighted by Gasteiger charge is -2.28. The van der Waals surface area contributed by atoms with Gasteiger partial charge in [-0.1, -0.05) is 6.07 Å². The Morgan fingerprint density at radius 2 is 1.97 bits per heavy atom. The van der Waals surface area contributed by atoms with Crippen LogP contribution in [0.3, 0.4) is 0 Å². The molecule has 0 saturated carbocycles. The molecule has 0 radical (unpaired) electrons. The van der Waals surface area contributed by atoms with Crippen molar-refractivity contribution in [2.45, 2.75) is 25.8 Å². The number of phenolic OH excluding ortho intramolecular Hbond substituents is 1. The second-order valence-electron chi connectivity index (χ2n) is 8.04. The van der Waals surface area contributed by atoms with Crippen molar-refractivity contribution in [2.75, 3.05) is 30.8 Å². The summed E-state index contributed by atoms with van der Waals surface area (Å²) >= 11 is 1.59. The third-order valence-corrected chi connectivity index (χ3v) is 6.64. The maximum absolute atomic E-state index is 9.80. The van der Waals surface area contributed by atoms with E-state index in [0.717, 1.165) is 53.1 Å². The predicted molar refractivity (Wildman–Crippen MR) is 125 cm³/mol. The van der Waals surface area contributed by atoms with Crippen LogP contribution in [-0.4, -0.2) is 49.9 Å². The van der Waals surface area contributed by atoms with E-state index in [9.17, 15) is 5.11 Å². The second-order valence-corrected chi connectivity index (χ2v) is 8.90. The first kappa shape index (κ1) is 19.8. The van der Waals surface area contributed by atoms with Gasteiger partial charge in [-0.15, -0.1) is 11.3 Å². The van der Waals surface area contributed by atoms with E-state index in [1.165, 1.54) is 0 Å². The summed E-state index contributed by atoms with van der Waals surface area (Å²) in [6, 6.07) is 7.44. The van der Waals surface area contributed by atoms with Crippen molar-refractivity contribution in [2.24, 2.45) is 0 Å². The molecule has 1 aliphatic rings. The first-order chi connectivity index (χ1) is 15.0. The minimum atomic E-state index is 0.206. The molecule has 8 nitrogen and oxygen atoms in total. The number of nitrogens with one attached hydrogen (secondary N) is 2. The van der Waals surface area contributed by atoms with Gasteiger partial charge in [0.1, 0.15) is 16.4 Å². The van der Waals surface area contributed by atoms with Crippen LogP contribution >= 0.6 is 11.3 Å². The summed E-state index contributed by atoms with van der Waals surface area (Å²) in [6.07, 6.45) is 6.07. The minimum Gasteiger partial charge on any atom is -0.508 e. The number of piperidine rings is 1. The first-order valence-corrected chi connectivity index (χ1v) is 11.2. The van der Waals surface area contributed by atoms with E-state index in [1.54, 1.807) is 29.5 Å². The van der Waals surface area contributed by atoms with E-state index in [0.29, 0.717) is 17.8 Å². The highest BCUT2D eigenvalue weighted by molar-refractivity contribution is 7.17. The van der Waals surface area contributed by atoms with E-state index in [-0.39, 0.29) is 5.75 Å². The molecule has 0 spiro atoms. The molecule has 4 heterocycles. The Balaban J connectivity index is 1.42. The van der Waals surface area contributed by atoms with Gasteiger partial charge in [0.2, 0.25) is 5.95 Å². The van der Waals surface area contributed by atoms with Gasteiger partial charge >= 0.3 is 0 Å². The number of rotatable bonds is 5. The van der Waals surface area contributed by atoms with Crippen molar-refractivity contribution >= 4 is 44.7 Å². The van der Waals surface area contributed by atoms with E-state index in [4.69, 9.17) is 9.97 Å². The van der Waals surface area contributed by atoms with Gasteiger partial charge < -0.3 is 20.6 Å². The van der Waals surface area contributed by atoms with Gasteiger partial charge in [-0.25, -0.2) is 4.98 Å². The molecule has 3 N–H and O–H groups in total. The van der Waals surface area contributed by atoms with Gasteiger partial charge in [-0.2, -0.15) is 10.1 Å². The standard InChI is InChI=1S/C22H25N7OS/c1-14-13-31-21-19(14)20(24-15-4-3-5-18(30)10-15)26-22(27-21)25-16-11-23-29(12-16)17-6-8-28(2)9-7-17/h3-5,10-13,17,30H,6-9H2,1-2H3,(H2,24,25,26,27). The van der Waals surface area contributed by atoms with Crippen LogP contribution in [0.1, 0.15) is 24.4 Å². The summed E-state index contributed by atoms with van der Waals surface area (Å²) in [6.45, 7) is 4.23. The van der Waals surface area contributed by atoms with Crippen molar-refractivity contribution in [3.8, 4) is 5.75 Å². The number of aromatic nitrogens is 4. The average Bonchev–Trinajstić information content (AvgIpc) is 3.36. The first-order valence-electron chi connectivity index (χ1n) is 10.4. The Hall–Kier alpha value is -3.17. The fraction of sp³-hybridized carbons (Fsp3) is 0.318. The SMILES string of the molecule is Cc1csc2nc(Nc3cnn(C4CCN(C)CC4)c3)nc(Nc3cccc(O)c3)c12. The van der Waals surface area contributed by atoms with Crippen LogP contribution < -0.4 is 10.6 Å². The van der Waals surface area contributed by atoms with Gasteiger partial charge in [0.15, 0.2) is 0 Å². The fourth-order valence-electron chi connectivity index (χ4n) is 3.94. The summed E-state index contributed by atoms with van der Waals surface area (Å²) in [5.41, 5.74) is 2.76. The number of hydrogen-bond acceptors (Lipinski definition) is 8. The summed E-state index contributed by atoms with van der Waals surface area (Å²) < 4.78 is 2.05. The number of nitrogens with zero attached hydrogens (tertiary/aromatic N) is 5. The van der Waals surface area contributed by atoms with E-state index >= 15 is 0 Å². The Kier molecular flexibility index (Phi) is 5.21. The van der Waals surface area contributed by atoms with E-state index < -0.39 is 0 Å². The number of aryl methyl sites for hydroxylation is 1. The van der Waals surface area contributed by atoms with Crippen LogP contribution in [0.4, 0.5) is 23.1 Å². The van der Waals surface area contributed by atoms with Crippen LogP contribution in [0.2, 0.25) is 0 Å². The molecule has 0 bridgehead atoms. The van der Waals surface area contributed by atoms with Crippen LogP contribution in [0, 0.1) is 6.92 Å². The van der Waals surface area contributed by atoms with Gasteiger partial charge in [-0.05, 0) is 63.0 Å². The largest absolute Gasteiger partial charge is 0.508 e. The Labute approximate surface area is 184 Å². The summed E-state index contributed by atoms with van der Waals surface area (Å²) in [4.78, 5) is 12.7. The Morgan fingerprint density at radius 3 is 2.77 bits per heavy atom. The summed E-state index contributed by atoms with van der Waals surface area (Å²) in [7, 11) is 2.16. The fourth-order valence-corrected chi connectivity index (χ4v) is 4.86. The summed E-state index contributed by atoms with van der Waals surface area (Å²) in [5, 5.41) is 24.1. The van der Waals surface area contributed by atoms with Crippen LogP contribution in [-0.2, 0) is 0 Å². The molecule has 3 aromatic heterocycles. The number of anilines is 4. The third kappa shape index (κ3) is 4.19. The highest BCUT2D eigenvalue weighted by atomic mass is 32.1. The molecule has 0 aliphatic carbocycles. The lowest BCUT2D eigenvalue weighted by molar-refractivity contribution is 0.212. The van der Waals surface area contributed by atoms with Crippen molar-refractivity contribution in [3.05, 3.63) is 47.6 Å². The molecule has 1 fully saturated rings. The summed E-state index contributed by atoms with van der Waals surface area (Å²) in [5.74, 6) is 1.43. The molecular formula is C22H25N7OS. The lowest BCUT2D eigenvalue weighted by Crippen LogP contribution is -2.31. The lowest BCUT2D eigenvalue weighted by atomic mass is 10.1. The molecule has 4 aromatic rings. The number of likely N-dealkylation sites (tertiary alicyclic amines) is 1. The molecular weight excluding hydrogens is 410 g/mol. The van der Waals surface area contributed by atoms with Crippen LogP contribution in [0.25, 0.3) is 10.2 Å². The number of fused-ring (bicyclic) bond motifs is 1. The molecule has 1 aliphatic heterocycles. The molecule has 9 heteroatoms. The normalized spacial score (nSPS) is 15.4. The molecule has 0 amide bonds. The smallest absolute Gasteiger partial charge is 0.230 e. The van der Waals surface area contributed by atoms with Gasteiger partial charge in [0, 0.05) is 18.0 Å². The van der Waals surface area contributed by atoms with Crippen molar-refractivity contribution in [3.63, 3.8) is 0 Å². The predicted octanol–water partition coefficient (Wildman–Crippen LogP) is 4.66. The number of benzene rings is 1. The molecule has 160 valence electrons. The molecule has 5 rings (SSSR count). The molecule has 31 heavy (non-hydrogen) atoms. The maximum Gasteiger partial charge on any atom is 0.230 e. The topological polar surface area (TPSA) is 91.1 Å². The second kappa shape index (κ2) is 8.16. The molecule has 1 aromatic carbocycles. The average molecular weight is 436 g/mol. The maximum atomic E-state index is 9.80. The van der Waals surface area contributed by atoms with Crippen molar-refractivity contribution < 1.29 is 5.11 Å². The van der Waals surface area contributed by atoms with Crippen LogP contribution in [0.5, 0.6) is 5.75 Å². The number of aromatic hydroxyl groups is 1. The van der Waals surface area contributed by atoms with Crippen molar-refractivity contribution in [1.82, 2.24) is 24.6 Å². The highest BCUT2D eigenvalue weighted by Crippen LogP contribution is 2.33. The molecule has 0 atom stereocenters. The number of thiophene rings is 1. The zero-order valence-electron chi connectivity index (χ0n) is 17.5. The zero-order chi connectivity index (χ0) is 21.4.